The van der Waals surface area contributed by atoms with Gasteiger partial charge in [-0.15, -0.1) is 0 Å². The molecule has 0 atom stereocenters. The molecule has 2 aromatic rings. The Hall–Kier alpha value is -1.10. The largest absolute Gasteiger partial charge is 0.281 e. The maximum absolute atomic E-state index is 11.2. The number of nitrogens with one attached hydrogen (secondary N) is 1. The van der Waals surface area contributed by atoms with E-state index in [0.29, 0.717) is 10.1 Å². The fraction of sp³-hybridized carbons (Fsp3) is 0.250. The van der Waals surface area contributed by atoms with Crippen LogP contribution in [0.4, 0.5) is 0 Å². The smallest absolute Gasteiger partial charge is 0.267 e. The number of hydrogen-bond acceptors (Lipinski definition) is 2. The van der Waals surface area contributed by atoms with Crippen LogP contribution in [0.2, 0.25) is 0 Å². The zero-order valence-electron chi connectivity index (χ0n) is 7.04. The van der Waals surface area contributed by atoms with Gasteiger partial charge in [-0.05, 0) is 28.4 Å². The number of aromatic nitrogens is 3. The number of hydrogen-bond donors (Lipinski definition) is 1. The van der Waals surface area contributed by atoms with E-state index in [2.05, 4.69) is 26.0 Å². The number of fused-ring (bicyclic) bond motifs is 1. The van der Waals surface area contributed by atoms with Gasteiger partial charge in [0.2, 0.25) is 0 Å². The molecule has 0 aliphatic carbocycles. The van der Waals surface area contributed by atoms with Crippen molar-refractivity contribution >= 4 is 21.6 Å². The molecule has 0 unspecified atom stereocenters. The van der Waals surface area contributed by atoms with Crippen molar-refractivity contribution in [3.63, 3.8) is 0 Å². The van der Waals surface area contributed by atoms with E-state index >= 15 is 0 Å². The van der Waals surface area contributed by atoms with Crippen LogP contribution in [0.1, 0.15) is 12.6 Å². The highest BCUT2D eigenvalue weighted by Gasteiger charge is 2.06. The average molecular weight is 242 g/mol. The number of aromatic amines is 1. The number of nitrogens with zero attached hydrogens (tertiary/aromatic N) is 2. The molecule has 0 fully saturated rings. The van der Waals surface area contributed by atoms with Crippen LogP contribution in [0.15, 0.2) is 21.5 Å². The van der Waals surface area contributed by atoms with Crippen LogP contribution >= 0.6 is 15.9 Å². The minimum atomic E-state index is -0.152. The summed E-state index contributed by atoms with van der Waals surface area (Å²) < 4.78 is 2.09. The van der Waals surface area contributed by atoms with Gasteiger partial charge in [-0.1, -0.05) is 6.92 Å². The van der Waals surface area contributed by atoms with Gasteiger partial charge in [-0.3, -0.25) is 9.89 Å². The second kappa shape index (κ2) is 2.99. The van der Waals surface area contributed by atoms with Crippen molar-refractivity contribution in [2.75, 3.05) is 0 Å². The van der Waals surface area contributed by atoms with E-state index in [-0.39, 0.29) is 5.56 Å². The zero-order valence-corrected chi connectivity index (χ0v) is 8.63. The van der Waals surface area contributed by atoms with E-state index in [1.165, 1.54) is 0 Å². The highest BCUT2D eigenvalue weighted by molar-refractivity contribution is 9.10. The molecule has 13 heavy (non-hydrogen) atoms. The second-order valence-electron chi connectivity index (χ2n) is 2.72. The number of halogens is 1. The molecule has 2 aromatic heterocycles. The first-order chi connectivity index (χ1) is 6.22. The Morgan fingerprint density at radius 1 is 1.69 bits per heavy atom. The summed E-state index contributed by atoms with van der Waals surface area (Å²) >= 11 is 3.19. The fourth-order valence-electron chi connectivity index (χ4n) is 1.16. The number of rotatable bonds is 1. The van der Waals surface area contributed by atoms with Crippen molar-refractivity contribution in [2.24, 2.45) is 0 Å². The van der Waals surface area contributed by atoms with Crippen LogP contribution in [0, 0.1) is 0 Å². The Labute approximate surface area is 82.7 Å². The Kier molecular flexibility index (Phi) is 1.95. The SMILES string of the molecule is CCc1ccn2[nH]c(=O)c(Br)c2n1. The Bertz CT molecular complexity index is 500. The molecular weight excluding hydrogens is 234 g/mol. The number of aryl methyl sites for hydroxylation is 1. The molecule has 1 N–H and O–H groups in total. The van der Waals surface area contributed by atoms with Crippen LogP contribution in [0.3, 0.4) is 0 Å². The molecule has 4 nitrogen and oxygen atoms in total. The molecule has 0 spiro atoms. The van der Waals surface area contributed by atoms with E-state index in [9.17, 15) is 4.79 Å². The van der Waals surface area contributed by atoms with E-state index < -0.39 is 0 Å². The fourth-order valence-corrected chi connectivity index (χ4v) is 1.53. The third kappa shape index (κ3) is 1.29. The van der Waals surface area contributed by atoms with Gasteiger partial charge in [0.1, 0.15) is 4.47 Å². The molecule has 0 aliphatic rings. The lowest BCUT2D eigenvalue weighted by Gasteiger charge is -1.96. The maximum Gasteiger partial charge on any atom is 0.281 e. The van der Waals surface area contributed by atoms with Crippen molar-refractivity contribution in [2.45, 2.75) is 13.3 Å². The molecule has 0 radical (unpaired) electrons. The van der Waals surface area contributed by atoms with Crippen molar-refractivity contribution in [1.82, 2.24) is 14.6 Å². The molecule has 0 saturated carbocycles. The average Bonchev–Trinajstić information content (AvgIpc) is 2.43. The van der Waals surface area contributed by atoms with Crippen molar-refractivity contribution in [1.29, 1.82) is 0 Å². The Balaban J connectivity index is 2.82. The van der Waals surface area contributed by atoms with Gasteiger partial charge in [0.15, 0.2) is 5.65 Å². The summed E-state index contributed by atoms with van der Waals surface area (Å²) in [7, 11) is 0. The molecule has 0 aromatic carbocycles. The van der Waals surface area contributed by atoms with Gasteiger partial charge in [0.05, 0.1) is 0 Å². The lowest BCUT2D eigenvalue weighted by molar-refractivity contribution is 0.898. The predicted molar refractivity (Wildman–Crippen MR) is 52.9 cm³/mol. The molecule has 0 bridgehead atoms. The van der Waals surface area contributed by atoms with E-state index in [0.717, 1.165) is 12.1 Å². The third-order valence-electron chi connectivity index (χ3n) is 1.87. The van der Waals surface area contributed by atoms with Crippen LogP contribution in [-0.4, -0.2) is 14.6 Å². The molecule has 0 amide bonds. The van der Waals surface area contributed by atoms with Crippen LogP contribution in [0.5, 0.6) is 0 Å². The summed E-state index contributed by atoms with van der Waals surface area (Å²) in [5.74, 6) is 0. The Morgan fingerprint density at radius 3 is 3.15 bits per heavy atom. The van der Waals surface area contributed by atoms with Crippen molar-refractivity contribution < 1.29 is 0 Å². The molecule has 2 heterocycles. The monoisotopic (exact) mass is 241 g/mol. The summed E-state index contributed by atoms with van der Waals surface area (Å²) in [4.78, 5) is 15.5. The van der Waals surface area contributed by atoms with Gasteiger partial charge in [0.25, 0.3) is 5.56 Å². The van der Waals surface area contributed by atoms with Gasteiger partial charge < -0.3 is 0 Å². The molecule has 2 rings (SSSR count). The summed E-state index contributed by atoms with van der Waals surface area (Å²) in [6, 6.07) is 1.88. The summed E-state index contributed by atoms with van der Waals surface area (Å²) in [5.41, 5.74) is 1.46. The van der Waals surface area contributed by atoms with Gasteiger partial charge in [-0.2, -0.15) is 0 Å². The summed E-state index contributed by atoms with van der Waals surface area (Å²) in [6.45, 7) is 2.03. The zero-order chi connectivity index (χ0) is 9.42. The molecule has 0 saturated heterocycles. The van der Waals surface area contributed by atoms with Crippen molar-refractivity contribution in [3.8, 4) is 0 Å². The highest BCUT2D eigenvalue weighted by Crippen LogP contribution is 2.10. The summed E-state index contributed by atoms with van der Waals surface area (Å²) in [5, 5.41) is 2.63. The second-order valence-corrected chi connectivity index (χ2v) is 3.51. The minimum Gasteiger partial charge on any atom is -0.267 e. The van der Waals surface area contributed by atoms with Gasteiger partial charge >= 0.3 is 0 Å². The standard InChI is InChI=1S/C8H8BrN3O/c1-2-5-3-4-12-7(10-5)6(9)8(13)11-12/h3-4H,2H2,1H3,(H,11,13). The maximum atomic E-state index is 11.2. The van der Waals surface area contributed by atoms with Crippen LogP contribution < -0.4 is 5.56 Å². The molecule has 5 heteroatoms. The minimum absolute atomic E-state index is 0.152. The quantitative estimate of drug-likeness (QED) is 0.820. The van der Waals surface area contributed by atoms with Crippen molar-refractivity contribution in [3.05, 3.63) is 32.8 Å². The first-order valence-electron chi connectivity index (χ1n) is 3.98. The number of H-pyrrole nitrogens is 1. The predicted octanol–water partition coefficient (Wildman–Crippen LogP) is 1.35. The summed E-state index contributed by atoms with van der Waals surface area (Å²) in [6.07, 6.45) is 2.66. The van der Waals surface area contributed by atoms with Gasteiger partial charge in [-0.25, -0.2) is 9.50 Å². The van der Waals surface area contributed by atoms with E-state index in [4.69, 9.17) is 0 Å². The lowest BCUT2D eigenvalue weighted by Crippen LogP contribution is -1.99. The lowest BCUT2D eigenvalue weighted by atomic mass is 10.3. The molecular formula is C8H8BrN3O. The van der Waals surface area contributed by atoms with Crippen LogP contribution in [-0.2, 0) is 6.42 Å². The molecule has 0 aliphatic heterocycles. The third-order valence-corrected chi connectivity index (χ3v) is 2.59. The van der Waals surface area contributed by atoms with Gasteiger partial charge in [0, 0.05) is 11.9 Å². The highest BCUT2D eigenvalue weighted by atomic mass is 79.9. The normalized spacial score (nSPS) is 10.9. The Morgan fingerprint density at radius 2 is 2.46 bits per heavy atom. The molecule has 68 valence electrons. The van der Waals surface area contributed by atoms with E-state index in [1.54, 1.807) is 10.7 Å². The first kappa shape index (κ1) is 8.50. The topological polar surface area (TPSA) is 50.2 Å². The van der Waals surface area contributed by atoms with Crippen LogP contribution in [0.25, 0.3) is 5.65 Å². The van der Waals surface area contributed by atoms with E-state index in [1.807, 2.05) is 13.0 Å². The first-order valence-corrected chi connectivity index (χ1v) is 4.77.